The highest BCUT2D eigenvalue weighted by Gasteiger charge is 2.20. The molecule has 0 aliphatic carbocycles. The van der Waals surface area contributed by atoms with Crippen molar-refractivity contribution < 1.29 is 4.39 Å². The van der Waals surface area contributed by atoms with Gasteiger partial charge in [0.15, 0.2) is 6.33 Å². The summed E-state index contributed by atoms with van der Waals surface area (Å²) in [5.41, 5.74) is 1.21. The van der Waals surface area contributed by atoms with Gasteiger partial charge in [0.1, 0.15) is 5.82 Å². The van der Waals surface area contributed by atoms with Crippen molar-refractivity contribution in [1.29, 1.82) is 0 Å². The molecule has 1 aliphatic heterocycles. The number of nitrogens with zero attached hydrogens (tertiary/aromatic N) is 5. The van der Waals surface area contributed by atoms with Crippen LogP contribution in [-0.4, -0.2) is 33.4 Å². The van der Waals surface area contributed by atoms with Crippen molar-refractivity contribution in [3.8, 4) is 0 Å². The second-order valence-electron chi connectivity index (χ2n) is 4.93. The molecule has 0 bridgehead atoms. The van der Waals surface area contributed by atoms with Crippen LogP contribution in [0, 0.1) is 11.7 Å². The maximum absolute atomic E-state index is 12.8. The van der Waals surface area contributed by atoms with Gasteiger partial charge in [-0.05, 0) is 48.1 Å². The Morgan fingerprint density at radius 1 is 1.16 bits per heavy atom. The molecule has 1 saturated heterocycles. The van der Waals surface area contributed by atoms with Crippen LogP contribution in [0.1, 0.15) is 18.4 Å². The molecule has 5 nitrogen and oxygen atoms in total. The van der Waals surface area contributed by atoms with Crippen molar-refractivity contribution in [3.05, 3.63) is 42.0 Å². The molecule has 0 radical (unpaired) electrons. The minimum Gasteiger partial charge on any atom is -0.278 e. The molecule has 0 spiro atoms. The van der Waals surface area contributed by atoms with Gasteiger partial charge in [0.2, 0.25) is 0 Å². The Balaban J connectivity index is 1.54. The summed E-state index contributed by atoms with van der Waals surface area (Å²) in [7, 11) is 0. The van der Waals surface area contributed by atoms with Crippen LogP contribution in [0.2, 0.25) is 0 Å². The Morgan fingerprint density at radius 2 is 1.89 bits per heavy atom. The van der Waals surface area contributed by atoms with E-state index in [9.17, 15) is 4.39 Å². The highest BCUT2D eigenvalue weighted by Crippen LogP contribution is 2.20. The van der Waals surface area contributed by atoms with Gasteiger partial charge in [-0.25, -0.2) is 4.39 Å². The highest BCUT2D eigenvalue weighted by atomic mass is 19.1. The van der Waals surface area contributed by atoms with Crippen molar-refractivity contribution in [2.45, 2.75) is 19.3 Å². The van der Waals surface area contributed by atoms with E-state index in [1.54, 1.807) is 4.91 Å². The van der Waals surface area contributed by atoms with Crippen LogP contribution in [-0.2, 0) is 6.42 Å². The summed E-state index contributed by atoms with van der Waals surface area (Å²) >= 11 is 0. The van der Waals surface area contributed by atoms with Crippen LogP contribution in [0.15, 0.2) is 30.6 Å². The first-order valence-electron chi connectivity index (χ1n) is 6.54. The van der Waals surface area contributed by atoms with Gasteiger partial charge >= 0.3 is 0 Å². The molecule has 0 amide bonds. The molecule has 3 rings (SSSR count). The maximum atomic E-state index is 12.8. The molecule has 6 heteroatoms. The fourth-order valence-electron chi connectivity index (χ4n) is 2.55. The molecule has 1 fully saturated rings. The fraction of sp³-hybridized carbons (Fsp3) is 0.462. The summed E-state index contributed by atoms with van der Waals surface area (Å²) in [5, 5.41) is 13.7. The molecule has 0 unspecified atom stereocenters. The number of tetrazole rings is 1. The van der Waals surface area contributed by atoms with Crippen LogP contribution in [0.3, 0.4) is 0 Å². The van der Waals surface area contributed by atoms with Gasteiger partial charge < -0.3 is 0 Å². The summed E-state index contributed by atoms with van der Waals surface area (Å²) in [5.74, 6) is 0.473. The van der Waals surface area contributed by atoms with Gasteiger partial charge in [-0.1, -0.05) is 17.0 Å². The average molecular weight is 261 g/mol. The molecule has 100 valence electrons. The quantitative estimate of drug-likeness (QED) is 0.838. The van der Waals surface area contributed by atoms with E-state index in [-0.39, 0.29) is 5.82 Å². The maximum Gasteiger partial charge on any atom is 0.164 e. The lowest BCUT2D eigenvalue weighted by molar-refractivity contribution is 0.330. The molecule has 19 heavy (non-hydrogen) atoms. The topological polar surface area (TPSA) is 46.8 Å². The predicted octanol–water partition coefficient (Wildman–Crippen LogP) is 1.40. The zero-order valence-corrected chi connectivity index (χ0v) is 10.6. The summed E-state index contributed by atoms with van der Waals surface area (Å²) in [6.07, 6.45) is 4.65. The molecular formula is C13H16FN5. The van der Waals surface area contributed by atoms with E-state index in [1.165, 1.54) is 24.0 Å². The van der Waals surface area contributed by atoms with Gasteiger partial charge in [0.25, 0.3) is 0 Å². The lowest BCUT2D eigenvalue weighted by Gasteiger charge is -2.31. The Morgan fingerprint density at radius 3 is 2.53 bits per heavy atom. The molecule has 0 atom stereocenters. The van der Waals surface area contributed by atoms with E-state index >= 15 is 0 Å². The normalized spacial score (nSPS) is 16.8. The van der Waals surface area contributed by atoms with E-state index in [2.05, 4.69) is 20.4 Å². The number of aromatic nitrogens is 4. The molecule has 0 N–H and O–H groups in total. The summed E-state index contributed by atoms with van der Waals surface area (Å²) < 4.78 is 12.8. The standard InChI is InChI=1S/C13H16FN5/c14-13-3-1-11(2-4-13)9-12-5-7-18(8-6-12)19-16-10-15-17-19/h1-4,10,12H,5-9H2. The molecule has 2 heterocycles. The lowest BCUT2D eigenvalue weighted by atomic mass is 9.91. The Bertz CT molecular complexity index is 502. The van der Waals surface area contributed by atoms with Crippen LogP contribution < -0.4 is 5.01 Å². The fourth-order valence-corrected chi connectivity index (χ4v) is 2.55. The number of piperidine rings is 1. The third kappa shape index (κ3) is 2.89. The van der Waals surface area contributed by atoms with Gasteiger partial charge in [0.05, 0.1) is 0 Å². The number of rotatable bonds is 3. The van der Waals surface area contributed by atoms with Crippen LogP contribution in [0.5, 0.6) is 0 Å². The minimum atomic E-state index is -0.171. The molecule has 0 saturated carbocycles. The van der Waals surface area contributed by atoms with E-state index in [0.29, 0.717) is 5.92 Å². The van der Waals surface area contributed by atoms with Crippen LogP contribution in [0.4, 0.5) is 4.39 Å². The van der Waals surface area contributed by atoms with E-state index < -0.39 is 0 Å². The first kappa shape index (κ1) is 12.1. The predicted molar refractivity (Wildman–Crippen MR) is 68.6 cm³/mol. The van der Waals surface area contributed by atoms with E-state index in [0.717, 1.165) is 32.4 Å². The van der Waals surface area contributed by atoms with Crippen LogP contribution in [0.25, 0.3) is 0 Å². The van der Waals surface area contributed by atoms with Crippen LogP contribution >= 0.6 is 0 Å². The first-order valence-corrected chi connectivity index (χ1v) is 6.54. The first-order chi connectivity index (χ1) is 9.31. The molecule has 2 aromatic rings. The van der Waals surface area contributed by atoms with Gasteiger partial charge in [-0.15, -0.1) is 10.2 Å². The van der Waals surface area contributed by atoms with Crippen molar-refractivity contribution in [2.75, 3.05) is 18.1 Å². The van der Waals surface area contributed by atoms with Crippen molar-refractivity contribution in [3.63, 3.8) is 0 Å². The average Bonchev–Trinajstić information content (AvgIpc) is 2.96. The van der Waals surface area contributed by atoms with Gasteiger partial charge in [0, 0.05) is 13.1 Å². The second-order valence-corrected chi connectivity index (χ2v) is 4.93. The summed E-state index contributed by atoms with van der Waals surface area (Å²) in [6, 6.07) is 6.81. The zero-order chi connectivity index (χ0) is 13.1. The largest absolute Gasteiger partial charge is 0.278 e. The van der Waals surface area contributed by atoms with Crippen molar-refractivity contribution in [2.24, 2.45) is 5.92 Å². The van der Waals surface area contributed by atoms with Gasteiger partial charge in [-0.3, -0.25) is 5.01 Å². The highest BCUT2D eigenvalue weighted by molar-refractivity contribution is 5.16. The monoisotopic (exact) mass is 261 g/mol. The van der Waals surface area contributed by atoms with Crippen molar-refractivity contribution in [1.82, 2.24) is 20.3 Å². The van der Waals surface area contributed by atoms with Gasteiger partial charge in [-0.2, -0.15) is 0 Å². The SMILES string of the molecule is Fc1ccc(CC2CCN(n3ncnn3)CC2)cc1. The lowest BCUT2D eigenvalue weighted by Crippen LogP contribution is -2.43. The Kier molecular flexibility index (Phi) is 3.39. The minimum absolute atomic E-state index is 0.171. The summed E-state index contributed by atoms with van der Waals surface area (Å²) in [4.78, 5) is 1.56. The number of hydrogen-bond donors (Lipinski definition) is 0. The Hall–Kier alpha value is -1.98. The molecule has 1 aliphatic rings. The second kappa shape index (κ2) is 5.34. The third-order valence-corrected chi connectivity index (χ3v) is 3.62. The number of halogens is 1. The number of hydrogen-bond acceptors (Lipinski definition) is 4. The van der Waals surface area contributed by atoms with E-state index in [1.807, 2.05) is 12.1 Å². The zero-order valence-electron chi connectivity index (χ0n) is 10.6. The number of benzene rings is 1. The molecule has 1 aromatic carbocycles. The molecule has 1 aromatic heterocycles. The summed E-state index contributed by atoms with van der Waals surface area (Å²) in [6.45, 7) is 1.87. The van der Waals surface area contributed by atoms with E-state index in [4.69, 9.17) is 0 Å². The third-order valence-electron chi connectivity index (χ3n) is 3.62. The molecular weight excluding hydrogens is 245 g/mol. The van der Waals surface area contributed by atoms with Crippen molar-refractivity contribution >= 4 is 0 Å². The Labute approximate surface area is 111 Å². The smallest absolute Gasteiger partial charge is 0.164 e.